The van der Waals surface area contributed by atoms with Gasteiger partial charge in [0.1, 0.15) is 5.76 Å². The standard InChI is InChI=1S/C27H22F3NO3/c1-15-11-12-18(13-17(15)3)24(32)22-23(21-10-5-4-7-16(21)2)31(26(34)25(22)33)20-9-6-8-19(14-20)27(28,29)30/h4-14,23,32H,1-3H3/b24-22+. The molecule has 1 aliphatic rings. The Balaban J connectivity index is 1.98. The molecule has 3 aromatic rings. The maximum Gasteiger partial charge on any atom is 0.416 e. The number of hydrogen-bond donors (Lipinski definition) is 1. The quantitative estimate of drug-likeness (QED) is 0.282. The van der Waals surface area contributed by atoms with Crippen molar-refractivity contribution in [3.05, 3.63) is 106 Å². The molecule has 174 valence electrons. The van der Waals surface area contributed by atoms with Crippen molar-refractivity contribution in [3.8, 4) is 0 Å². The summed E-state index contributed by atoms with van der Waals surface area (Å²) in [5, 5.41) is 11.2. The molecule has 0 radical (unpaired) electrons. The molecule has 4 nitrogen and oxygen atoms in total. The van der Waals surface area contributed by atoms with Crippen LogP contribution in [0.15, 0.2) is 72.3 Å². The van der Waals surface area contributed by atoms with Crippen LogP contribution in [-0.4, -0.2) is 16.8 Å². The topological polar surface area (TPSA) is 57.6 Å². The molecule has 1 atom stereocenters. The first-order chi connectivity index (χ1) is 16.0. The highest BCUT2D eigenvalue weighted by molar-refractivity contribution is 6.51. The average molecular weight is 465 g/mol. The highest BCUT2D eigenvalue weighted by Crippen LogP contribution is 2.44. The van der Waals surface area contributed by atoms with Crippen molar-refractivity contribution in [3.63, 3.8) is 0 Å². The Kier molecular flexibility index (Phi) is 5.81. The number of aryl methyl sites for hydroxylation is 3. The minimum Gasteiger partial charge on any atom is -0.507 e. The summed E-state index contributed by atoms with van der Waals surface area (Å²) in [6.07, 6.45) is -4.62. The van der Waals surface area contributed by atoms with Gasteiger partial charge in [0.2, 0.25) is 0 Å². The summed E-state index contributed by atoms with van der Waals surface area (Å²) < 4.78 is 40.2. The molecule has 3 aromatic carbocycles. The minimum absolute atomic E-state index is 0.0793. The number of amides is 1. The van der Waals surface area contributed by atoms with Crippen molar-refractivity contribution in [2.24, 2.45) is 0 Å². The van der Waals surface area contributed by atoms with E-state index in [1.54, 1.807) is 49.4 Å². The molecular formula is C27H22F3NO3. The SMILES string of the molecule is Cc1ccc(/C(O)=C2\C(=O)C(=O)N(c3cccc(C(F)(F)F)c3)C2c2ccccc2C)cc1C. The first-order valence-electron chi connectivity index (χ1n) is 10.6. The maximum absolute atomic E-state index is 13.4. The van der Waals surface area contributed by atoms with Gasteiger partial charge in [0.05, 0.1) is 17.2 Å². The Morgan fingerprint density at radius 3 is 2.21 bits per heavy atom. The fourth-order valence-corrected chi connectivity index (χ4v) is 4.16. The van der Waals surface area contributed by atoms with Crippen LogP contribution < -0.4 is 4.90 Å². The van der Waals surface area contributed by atoms with Crippen molar-refractivity contribution in [1.29, 1.82) is 0 Å². The van der Waals surface area contributed by atoms with Gasteiger partial charge in [0.15, 0.2) is 0 Å². The minimum atomic E-state index is -4.62. The lowest BCUT2D eigenvalue weighted by molar-refractivity contribution is -0.137. The van der Waals surface area contributed by atoms with Gasteiger partial charge in [-0.2, -0.15) is 13.2 Å². The van der Waals surface area contributed by atoms with Crippen molar-refractivity contribution < 1.29 is 27.9 Å². The predicted molar refractivity (Wildman–Crippen MR) is 123 cm³/mol. The fourth-order valence-electron chi connectivity index (χ4n) is 4.16. The van der Waals surface area contributed by atoms with E-state index in [9.17, 15) is 27.9 Å². The molecule has 0 aromatic heterocycles. The highest BCUT2D eigenvalue weighted by Gasteiger charge is 2.47. The van der Waals surface area contributed by atoms with Crippen LogP contribution in [0.4, 0.5) is 18.9 Å². The predicted octanol–water partition coefficient (Wildman–Crippen LogP) is 6.26. The first kappa shape index (κ1) is 23.3. The molecule has 0 spiro atoms. The molecule has 1 aliphatic heterocycles. The number of Topliss-reactive ketones (excluding diaryl/α,β-unsaturated/α-hetero) is 1. The number of halogens is 3. The lowest BCUT2D eigenvalue weighted by Crippen LogP contribution is -2.30. The second-order valence-electron chi connectivity index (χ2n) is 8.37. The van der Waals surface area contributed by atoms with Crippen LogP contribution >= 0.6 is 0 Å². The maximum atomic E-state index is 13.4. The van der Waals surface area contributed by atoms with E-state index >= 15 is 0 Å². The molecule has 0 bridgehead atoms. The summed E-state index contributed by atoms with van der Waals surface area (Å²) in [4.78, 5) is 27.4. The normalized spacial score (nSPS) is 17.9. The van der Waals surface area contributed by atoms with Gasteiger partial charge in [0.25, 0.3) is 11.7 Å². The highest BCUT2D eigenvalue weighted by atomic mass is 19.4. The van der Waals surface area contributed by atoms with Gasteiger partial charge in [0, 0.05) is 11.3 Å². The van der Waals surface area contributed by atoms with Gasteiger partial charge in [-0.15, -0.1) is 0 Å². The molecule has 7 heteroatoms. The smallest absolute Gasteiger partial charge is 0.416 e. The van der Waals surface area contributed by atoms with Crippen LogP contribution in [0.25, 0.3) is 5.76 Å². The Morgan fingerprint density at radius 1 is 0.853 bits per heavy atom. The van der Waals surface area contributed by atoms with Crippen LogP contribution in [0, 0.1) is 20.8 Å². The van der Waals surface area contributed by atoms with Crippen molar-refractivity contribution >= 4 is 23.1 Å². The van der Waals surface area contributed by atoms with Gasteiger partial charge < -0.3 is 5.11 Å². The molecule has 1 unspecified atom stereocenters. The number of aliphatic hydroxyl groups excluding tert-OH is 1. The number of aliphatic hydroxyl groups is 1. The third-order valence-electron chi connectivity index (χ3n) is 6.16. The van der Waals surface area contributed by atoms with Crippen LogP contribution in [-0.2, 0) is 15.8 Å². The third-order valence-corrected chi connectivity index (χ3v) is 6.16. The van der Waals surface area contributed by atoms with Crippen molar-refractivity contribution in [2.75, 3.05) is 4.90 Å². The zero-order valence-corrected chi connectivity index (χ0v) is 18.8. The number of carbonyl (C=O) groups excluding carboxylic acids is 2. The van der Waals surface area contributed by atoms with E-state index in [1.807, 2.05) is 13.8 Å². The molecule has 4 rings (SSSR count). The van der Waals surface area contributed by atoms with Gasteiger partial charge in [-0.25, -0.2) is 0 Å². The van der Waals surface area contributed by atoms with E-state index in [0.29, 0.717) is 11.1 Å². The van der Waals surface area contributed by atoms with E-state index in [2.05, 4.69) is 0 Å². The lowest BCUT2D eigenvalue weighted by Gasteiger charge is -2.27. The molecule has 0 aliphatic carbocycles. The fraction of sp³-hybridized carbons (Fsp3) is 0.185. The summed E-state index contributed by atoms with van der Waals surface area (Å²) in [5.74, 6) is -2.33. The van der Waals surface area contributed by atoms with Gasteiger partial charge in [-0.3, -0.25) is 14.5 Å². The summed E-state index contributed by atoms with van der Waals surface area (Å²) in [6.45, 7) is 5.53. The second-order valence-corrected chi connectivity index (χ2v) is 8.37. The molecule has 1 heterocycles. The van der Waals surface area contributed by atoms with Crippen molar-refractivity contribution in [1.82, 2.24) is 0 Å². The number of anilines is 1. The summed E-state index contributed by atoms with van der Waals surface area (Å²) >= 11 is 0. The Hall–Kier alpha value is -3.87. The molecule has 34 heavy (non-hydrogen) atoms. The van der Waals surface area contributed by atoms with Gasteiger partial charge >= 0.3 is 6.18 Å². The number of nitrogens with zero attached hydrogens (tertiary/aromatic N) is 1. The summed E-state index contributed by atoms with van der Waals surface area (Å²) in [6, 6.07) is 15.3. The Morgan fingerprint density at radius 2 is 1.56 bits per heavy atom. The summed E-state index contributed by atoms with van der Waals surface area (Å²) in [7, 11) is 0. The van der Waals surface area contributed by atoms with Crippen LogP contribution in [0.3, 0.4) is 0 Å². The number of ketones is 1. The largest absolute Gasteiger partial charge is 0.507 e. The van der Waals surface area contributed by atoms with E-state index < -0.39 is 29.5 Å². The first-order valence-corrected chi connectivity index (χ1v) is 10.6. The van der Waals surface area contributed by atoms with E-state index in [0.717, 1.165) is 33.7 Å². The lowest BCUT2D eigenvalue weighted by atomic mass is 9.92. The zero-order chi connectivity index (χ0) is 24.8. The summed E-state index contributed by atoms with van der Waals surface area (Å²) in [5.41, 5.74) is 2.28. The third kappa shape index (κ3) is 3.98. The molecular weight excluding hydrogens is 443 g/mol. The molecule has 1 N–H and O–H groups in total. The number of hydrogen-bond acceptors (Lipinski definition) is 3. The van der Waals surface area contributed by atoms with Crippen molar-refractivity contribution in [2.45, 2.75) is 33.0 Å². The van der Waals surface area contributed by atoms with Crippen LogP contribution in [0.1, 0.15) is 39.4 Å². The molecule has 1 saturated heterocycles. The Labute approximate surface area is 195 Å². The average Bonchev–Trinajstić information content (AvgIpc) is 3.05. The molecule has 0 saturated carbocycles. The second kappa shape index (κ2) is 8.48. The monoisotopic (exact) mass is 465 g/mol. The number of benzene rings is 3. The Bertz CT molecular complexity index is 1340. The van der Waals surface area contributed by atoms with Crippen LogP contribution in [0.5, 0.6) is 0 Å². The molecule has 1 amide bonds. The number of rotatable bonds is 3. The van der Waals surface area contributed by atoms with Gasteiger partial charge in [-0.05, 0) is 67.3 Å². The van der Waals surface area contributed by atoms with Gasteiger partial charge in [-0.1, -0.05) is 42.5 Å². The number of carbonyl (C=O) groups is 2. The zero-order valence-electron chi connectivity index (χ0n) is 18.8. The molecule has 1 fully saturated rings. The van der Waals surface area contributed by atoms with E-state index in [1.165, 1.54) is 12.1 Å². The number of alkyl halides is 3. The van der Waals surface area contributed by atoms with Crippen LogP contribution in [0.2, 0.25) is 0 Å². The van der Waals surface area contributed by atoms with E-state index in [-0.39, 0.29) is 17.0 Å². The van der Waals surface area contributed by atoms with E-state index in [4.69, 9.17) is 0 Å².